The van der Waals surface area contributed by atoms with Crippen LogP contribution < -0.4 is 5.32 Å². The van der Waals surface area contributed by atoms with E-state index in [-0.39, 0.29) is 10.7 Å². The normalized spacial score (nSPS) is 26.4. The summed E-state index contributed by atoms with van der Waals surface area (Å²) in [5, 5.41) is 3.58. The Morgan fingerprint density at radius 1 is 1.25 bits per heavy atom. The van der Waals surface area contributed by atoms with Crippen molar-refractivity contribution in [1.82, 2.24) is 5.32 Å². The Bertz CT molecular complexity index is 389. The van der Waals surface area contributed by atoms with Gasteiger partial charge in [-0.2, -0.15) is 0 Å². The van der Waals surface area contributed by atoms with Gasteiger partial charge in [0.1, 0.15) is 9.84 Å². The summed E-state index contributed by atoms with van der Waals surface area (Å²) in [6.45, 7) is 10.1. The Morgan fingerprint density at radius 2 is 1.90 bits per heavy atom. The molecule has 3 nitrogen and oxygen atoms in total. The molecule has 1 rings (SSSR count). The van der Waals surface area contributed by atoms with Crippen molar-refractivity contribution in [1.29, 1.82) is 0 Å². The van der Waals surface area contributed by atoms with Crippen molar-refractivity contribution < 1.29 is 8.42 Å². The molecule has 0 spiro atoms. The second-order valence-electron chi connectivity index (χ2n) is 7.15. The van der Waals surface area contributed by atoms with Crippen LogP contribution in [0.15, 0.2) is 0 Å². The zero-order valence-corrected chi connectivity index (χ0v) is 14.7. The maximum absolute atomic E-state index is 11.9. The molecule has 1 aliphatic carbocycles. The molecule has 1 N–H and O–H groups in total. The van der Waals surface area contributed by atoms with E-state index >= 15 is 0 Å². The molecule has 0 radical (unpaired) electrons. The molecule has 0 saturated heterocycles. The van der Waals surface area contributed by atoms with E-state index in [1.54, 1.807) is 0 Å². The van der Waals surface area contributed by atoms with Gasteiger partial charge < -0.3 is 5.32 Å². The minimum Gasteiger partial charge on any atom is -0.313 e. The molecule has 3 atom stereocenters. The summed E-state index contributed by atoms with van der Waals surface area (Å²) in [6, 6.07) is 0.428. The van der Waals surface area contributed by atoms with Crippen LogP contribution in [0.5, 0.6) is 0 Å². The molecule has 20 heavy (non-hydrogen) atoms. The fraction of sp³-hybridized carbons (Fsp3) is 1.00. The summed E-state index contributed by atoms with van der Waals surface area (Å²) in [5.41, 5.74) is 0.221. The smallest absolute Gasteiger partial charge is 0.150 e. The highest BCUT2D eigenvalue weighted by molar-refractivity contribution is 7.91. The van der Waals surface area contributed by atoms with Gasteiger partial charge in [-0.15, -0.1) is 0 Å². The quantitative estimate of drug-likeness (QED) is 0.784. The summed E-state index contributed by atoms with van der Waals surface area (Å²) in [5.74, 6) is 0.491. The van der Waals surface area contributed by atoms with Crippen LogP contribution in [0.3, 0.4) is 0 Å². The minimum absolute atomic E-state index is 0.125. The molecule has 0 heterocycles. The van der Waals surface area contributed by atoms with Crippen LogP contribution in [0.25, 0.3) is 0 Å². The summed E-state index contributed by atoms with van der Waals surface area (Å²) in [4.78, 5) is 0. The molecule has 1 saturated carbocycles. The van der Waals surface area contributed by atoms with Crippen LogP contribution in [0.2, 0.25) is 0 Å². The number of sulfone groups is 1. The summed E-state index contributed by atoms with van der Waals surface area (Å²) in [7, 11) is -2.89. The Hall–Kier alpha value is -0.0900. The van der Waals surface area contributed by atoms with Crippen LogP contribution in [0.4, 0.5) is 0 Å². The first-order valence-corrected chi connectivity index (χ1v) is 10.1. The van der Waals surface area contributed by atoms with Crippen LogP contribution in [-0.2, 0) is 9.84 Å². The largest absolute Gasteiger partial charge is 0.313 e. The summed E-state index contributed by atoms with van der Waals surface area (Å²) < 4.78 is 23.7. The highest BCUT2D eigenvalue weighted by atomic mass is 32.2. The molecule has 120 valence electrons. The number of hydrogen-bond donors (Lipinski definition) is 1. The van der Waals surface area contributed by atoms with E-state index in [0.29, 0.717) is 12.0 Å². The fourth-order valence-electron chi connectivity index (χ4n) is 3.47. The number of rotatable bonds is 7. The van der Waals surface area contributed by atoms with Crippen molar-refractivity contribution in [2.45, 2.75) is 77.5 Å². The molecule has 1 aliphatic rings. The molecule has 0 aliphatic heterocycles. The Balaban J connectivity index is 2.85. The number of nitrogens with one attached hydrogen (secondary N) is 1. The third kappa shape index (κ3) is 4.73. The third-order valence-corrected chi connectivity index (χ3v) is 6.75. The average Bonchev–Trinajstić information content (AvgIpc) is 2.38. The first kappa shape index (κ1) is 18.0. The van der Waals surface area contributed by atoms with Gasteiger partial charge >= 0.3 is 0 Å². The second-order valence-corrected chi connectivity index (χ2v) is 9.48. The van der Waals surface area contributed by atoms with Crippen molar-refractivity contribution >= 4 is 9.84 Å². The van der Waals surface area contributed by atoms with Crippen LogP contribution in [-0.4, -0.2) is 32.5 Å². The summed E-state index contributed by atoms with van der Waals surface area (Å²) >= 11 is 0. The van der Waals surface area contributed by atoms with Crippen LogP contribution in [0, 0.1) is 11.3 Å². The van der Waals surface area contributed by atoms with E-state index in [4.69, 9.17) is 0 Å². The lowest BCUT2D eigenvalue weighted by Gasteiger charge is -2.43. The van der Waals surface area contributed by atoms with Crippen molar-refractivity contribution in [2.75, 3.05) is 12.8 Å². The van der Waals surface area contributed by atoms with Crippen molar-refractivity contribution in [2.24, 2.45) is 11.3 Å². The second kappa shape index (κ2) is 7.26. The molecule has 4 heteroatoms. The van der Waals surface area contributed by atoms with Gasteiger partial charge in [-0.3, -0.25) is 0 Å². The van der Waals surface area contributed by atoms with E-state index in [1.165, 1.54) is 6.26 Å². The predicted molar refractivity (Wildman–Crippen MR) is 86.7 cm³/mol. The molecule has 1 fully saturated rings. The Kier molecular flexibility index (Phi) is 6.52. The highest BCUT2D eigenvalue weighted by Gasteiger charge is 2.38. The maximum atomic E-state index is 11.9. The SMILES string of the molecule is CCCNC(C1CCCC(S(C)(=O)=O)C1)C(C)(C)CC. The van der Waals surface area contributed by atoms with E-state index in [1.807, 2.05) is 0 Å². The van der Waals surface area contributed by atoms with Crippen molar-refractivity contribution in [3.05, 3.63) is 0 Å². The van der Waals surface area contributed by atoms with Gasteiger partial charge in [-0.25, -0.2) is 8.42 Å². The molecule has 3 unspecified atom stereocenters. The van der Waals surface area contributed by atoms with Gasteiger partial charge in [0.25, 0.3) is 0 Å². The molecule has 0 amide bonds. The monoisotopic (exact) mass is 303 g/mol. The topological polar surface area (TPSA) is 46.2 Å². The lowest BCUT2D eigenvalue weighted by molar-refractivity contribution is 0.139. The standard InChI is InChI=1S/C16H33NO2S/c1-6-11-17-15(16(3,4)7-2)13-9-8-10-14(12-13)20(5,18)19/h13-15,17H,6-12H2,1-5H3. The van der Waals surface area contributed by atoms with Gasteiger partial charge in [-0.05, 0) is 50.0 Å². The zero-order valence-electron chi connectivity index (χ0n) is 13.9. The van der Waals surface area contributed by atoms with E-state index in [9.17, 15) is 8.42 Å². The lowest BCUT2D eigenvalue weighted by Crippen LogP contribution is -2.49. The lowest BCUT2D eigenvalue weighted by atomic mass is 9.70. The molecule has 0 aromatic rings. The predicted octanol–water partition coefficient (Wildman–Crippen LogP) is 3.39. The fourth-order valence-corrected chi connectivity index (χ4v) is 4.67. The third-order valence-electron chi connectivity index (χ3n) is 5.11. The van der Waals surface area contributed by atoms with E-state index in [2.05, 4.69) is 33.0 Å². The maximum Gasteiger partial charge on any atom is 0.150 e. The highest BCUT2D eigenvalue weighted by Crippen LogP contribution is 2.38. The Morgan fingerprint density at radius 3 is 2.40 bits per heavy atom. The zero-order chi connectivity index (χ0) is 15.4. The van der Waals surface area contributed by atoms with E-state index < -0.39 is 9.84 Å². The van der Waals surface area contributed by atoms with Gasteiger partial charge in [-0.1, -0.05) is 34.1 Å². The van der Waals surface area contributed by atoms with Gasteiger partial charge in [0, 0.05) is 12.3 Å². The summed E-state index contributed by atoms with van der Waals surface area (Å²) in [6.07, 6.45) is 7.54. The van der Waals surface area contributed by atoms with Gasteiger partial charge in [0.2, 0.25) is 0 Å². The number of hydrogen-bond acceptors (Lipinski definition) is 3. The van der Waals surface area contributed by atoms with Gasteiger partial charge in [0.05, 0.1) is 5.25 Å². The van der Waals surface area contributed by atoms with Crippen molar-refractivity contribution in [3.63, 3.8) is 0 Å². The molecular weight excluding hydrogens is 270 g/mol. The molecule has 0 aromatic heterocycles. The van der Waals surface area contributed by atoms with Gasteiger partial charge in [0.15, 0.2) is 0 Å². The molecular formula is C16H33NO2S. The minimum atomic E-state index is -2.89. The first-order chi connectivity index (χ1) is 9.22. The van der Waals surface area contributed by atoms with Crippen molar-refractivity contribution in [3.8, 4) is 0 Å². The first-order valence-electron chi connectivity index (χ1n) is 8.14. The van der Waals surface area contributed by atoms with Crippen LogP contribution >= 0.6 is 0 Å². The Labute approximate surface area is 125 Å². The van der Waals surface area contributed by atoms with Crippen LogP contribution in [0.1, 0.15) is 66.2 Å². The molecule has 0 bridgehead atoms. The molecule has 0 aromatic carbocycles. The van der Waals surface area contributed by atoms with E-state index in [0.717, 1.165) is 45.1 Å². The average molecular weight is 304 g/mol.